The maximum atomic E-state index is 12.0. The average Bonchev–Trinajstić information content (AvgIpc) is 2.28. The van der Waals surface area contributed by atoms with Crippen molar-refractivity contribution in [2.24, 2.45) is 0 Å². The molecule has 1 fully saturated rings. The van der Waals surface area contributed by atoms with Crippen molar-refractivity contribution in [2.45, 2.75) is 57.5 Å². The minimum absolute atomic E-state index is 0.325. The van der Waals surface area contributed by atoms with Gasteiger partial charge in [-0.05, 0) is 33.1 Å². The highest BCUT2D eigenvalue weighted by Crippen LogP contribution is 2.20. The van der Waals surface area contributed by atoms with E-state index in [1.54, 1.807) is 0 Å². The molecule has 1 saturated heterocycles. The van der Waals surface area contributed by atoms with E-state index in [1.807, 2.05) is 13.8 Å². The third-order valence-corrected chi connectivity index (χ3v) is 3.62. The van der Waals surface area contributed by atoms with Gasteiger partial charge < -0.3 is 20.5 Å². The van der Waals surface area contributed by atoms with Gasteiger partial charge in [-0.3, -0.25) is 0 Å². The summed E-state index contributed by atoms with van der Waals surface area (Å²) >= 11 is 0. The number of aliphatic carboxylic acids is 1. The number of carboxylic acids is 1. The lowest BCUT2D eigenvalue weighted by Gasteiger charge is -2.36. The van der Waals surface area contributed by atoms with Gasteiger partial charge in [0.05, 0.1) is 0 Å². The van der Waals surface area contributed by atoms with E-state index >= 15 is 0 Å². The number of carbonyl (C=O) groups excluding carboxylic acids is 1. The predicted molar refractivity (Wildman–Crippen MR) is 71.1 cm³/mol. The summed E-state index contributed by atoms with van der Waals surface area (Å²) in [5.41, 5.74) is -1.55. The van der Waals surface area contributed by atoms with Gasteiger partial charge in [-0.1, -0.05) is 13.3 Å². The Labute approximate surface area is 113 Å². The average molecular weight is 272 g/mol. The second-order valence-corrected chi connectivity index (χ2v) is 5.64. The summed E-state index contributed by atoms with van der Waals surface area (Å²) in [6.45, 7) is 6.60. The molecule has 1 unspecified atom stereocenters. The molecule has 6 heteroatoms. The monoisotopic (exact) mass is 272 g/mol. The third kappa shape index (κ3) is 4.38. The van der Waals surface area contributed by atoms with Crippen LogP contribution < -0.4 is 10.6 Å². The van der Waals surface area contributed by atoms with Crippen LogP contribution in [0.3, 0.4) is 0 Å². The lowest BCUT2D eigenvalue weighted by Crippen LogP contribution is -2.60. The van der Waals surface area contributed by atoms with Crippen LogP contribution in [0.1, 0.15) is 46.5 Å². The van der Waals surface area contributed by atoms with Crippen LogP contribution in [0.25, 0.3) is 0 Å². The van der Waals surface area contributed by atoms with Crippen LogP contribution >= 0.6 is 0 Å². The molecule has 19 heavy (non-hydrogen) atoms. The standard InChI is InChI=1S/C13H24N2O4/c1-4-5-13(3,10(16)17)15-11(18)14-12(2)6-8-19-9-7-12/h4-9H2,1-3H3,(H,16,17)(H2,14,15,18). The Balaban J connectivity index is 2.60. The van der Waals surface area contributed by atoms with Crippen LogP contribution in [0.5, 0.6) is 0 Å². The number of urea groups is 1. The zero-order chi connectivity index (χ0) is 14.5. The molecule has 6 nitrogen and oxygen atoms in total. The summed E-state index contributed by atoms with van der Waals surface area (Å²) in [5.74, 6) is -1.01. The fourth-order valence-corrected chi connectivity index (χ4v) is 2.23. The molecule has 0 aromatic rings. The summed E-state index contributed by atoms with van der Waals surface area (Å²) in [7, 11) is 0. The van der Waals surface area contributed by atoms with E-state index in [2.05, 4.69) is 10.6 Å². The van der Waals surface area contributed by atoms with Gasteiger partial charge in [0.25, 0.3) is 0 Å². The van der Waals surface area contributed by atoms with E-state index in [0.29, 0.717) is 26.1 Å². The van der Waals surface area contributed by atoms with Gasteiger partial charge in [0.2, 0.25) is 0 Å². The van der Waals surface area contributed by atoms with Gasteiger partial charge in [0, 0.05) is 18.8 Å². The van der Waals surface area contributed by atoms with E-state index < -0.39 is 17.5 Å². The number of amides is 2. The fraction of sp³-hybridized carbons (Fsp3) is 0.846. The van der Waals surface area contributed by atoms with Crippen molar-refractivity contribution in [3.05, 3.63) is 0 Å². The Morgan fingerprint density at radius 1 is 1.37 bits per heavy atom. The first-order chi connectivity index (χ1) is 8.81. The van der Waals surface area contributed by atoms with Gasteiger partial charge in [0.1, 0.15) is 5.54 Å². The third-order valence-electron chi connectivity index (χ3n) is 3.62. The number of hydrogen-bond acceptors (Lipinski definition) is 3. The van der Waals surface area contributed by atoms with Crippen LogP contribution in [-0.4, -0.2) is 41.4 Å². The Bertz CT molecular complexity index is 340. The normalized spacial score (nSPS) is 21.2. The first-order valence-electron chi connectivity index (χ1n) is 6.73. The molecule has 0 saturated carbocycles. The molecule has 0 radical (unpaired) electrons. The fourth-order valence-electron chi connectivity index (χ4n) is 2.23. The lowest BCUT2D eigenvalue weighted by atomic mass is 9.92. The molecule has 1 atom stereocenters. The summed E-state index contributed by atoms with van der Waals surface area (Å²) in [6, 6.07) is -0.428. The second kappa shape index (κ2) is 6.23. The van der Waals surface area contributed by atoms with Crippen molar-refractivity contribution in [3.8, 4) is 0 Å². The van der Waals surface area contributed by atoms with Crippen molar-refractivity contribution >= 4 is 12.0 Å². The smallest absolute Gasteiger partial charge is 0.329 e. The highest BCUT2D eigenvalue weighted by molar-refractivity contribution is 5.86. The van der Waals surface area contributed by atoms with Crippen molar-refractivity contribution < 1.29 is 19.4 Å². The molecule has 3 N–H and O–H groups in total. The zero-order valence-electron chi connectivity index (χ0n) is 11.9. The Morgan fingerprint density at radius 3 is 2.42 bits per heavy atom. The largest absolute Gasteiger partial charge is 0.480 e. The summed E-state index contributed by atoms with van der Waals surface area (Å²) in [4.78, 5) is 23.2. The molecule has 1 aliphatic rings. The number of nitrogens with one attached hydrogen (secondary N) is 2. The maximum absolute atomic E-state index is 12.0. The van der Waals surface area contributed by atoms with E-state index in [-0.39, 0.29) is 5.54 Å². The van der Waals surface area contributed by atoms with Crippen molar-refractivity contribution in [1.29, 1.82) is 0 Å². The summed E-state index contributed by atoms with van der Waals surface area (Å²) in [6.07, 6.45) is 2.56. The van der Waals surface area contributed by atoms with Crippen LogP contribution in [0.4, 0.5) is 4.79 Å². The van der Waals surface area contributed by atoms with E-state index in [1.165, 1.54) is 6.92 Å². The number of carboxylic acid groups (broad SMARTS) is 1. The van der Waals surface area contributed by atoms with Gasteiger partial charge in [-0.2, -0.15) is 0 Å². The molecule has 0 aliphatic carbocycles. The van der Waals surface area contributed by atoms with Crippen molar-refractivity contribution in [3.63, 3.8) is 0 Å². The van der Waals surface area contributed by atoms with Gasteiger partial charge in [0.15, 0.2) is 0 Å². The maximum Gasteiger partial charge on any atom is 0.329 e. The van der Waals surface area contributed by atoms with Gasteiger partial charge in [-0.15, -0.1) is 0 Å². The van der Waals surface area contributed by atoms with Crippen LogP contribution in [-0.2, 0) is 9.53 Å². The molecule has 0 spiro atoms. The van der Waals surface area contributed by atoms with Crippen LogP contribution in [0.2, 0.25) is 0 Å². The van der Waals surface area contributed by atoms with Crippen LogP contribution in [0, 0.1) is 0 Å². The number of rotatable bonds is 5. The molecule has 0 bridgehead atoms. The molecule has 0 aromatic heterocycles. The van der Waals surface area contributed by atoms with Crippen molar-refractivity contribution in [2.75, 3.05) is 13.2 Å². The molecule has 110 valence electrons. The summed E-state index contributed by atoms with van der Waals surface area (Å²) < 4.78 is 5.26. The van der Waals surface area contributed by atoms with E-state index in [4.69, 9.17) is 4.74 Å². The van der Waals surface area contributed by atoms with Crippen LogP contribution in [0.15, 0.2) is 0 Å². The lowest BCUT2D eigenvalue weighted by molar-refractivity contribution is -0.144. The highest BCUT2D eigenvalue weighted by Gasteiger charge is 2.36. The predicted octanol–water partition coefficient (Wildman–Crippen LogP) is 1.50. The van der Waals surface area contributed by atoms with E-state index in [0.717, 1.165) is 12.8 Å². The molecule has 1 rings (SSSR count). The SMILES string of the molecule is CCCC(C)(NC(=O)NC1(C)CCOCC1)C(=O)O. The molecular formula is C13H24N2O4. The Hall–Kier alpha value is -1.30. The first-order valence-corrected chi connectivity index (χ1v) is 6.73. The molecule has 0 aromatic carbocycles. The topological polar surface area (TPSA) is 87.7 Å². The highest BCUT2D eigenvalue weighted by atomic mass is 16.5. The van der Waals surface area contributed by atoms with Gasteiger partial charge >= 0.3 is 12.0 Å². The minimum atomic E-state index is -1.22. The van der Waals surface area contributed by atoms with Crippen molar-refractivity contribution in [1.82, 2.24) is 10.6 Å². The number of carbonyl (C=O) groups is 2. The molecule has 1 aliphatic heterocycles. The first kappa shape index (κ1) is 15.8. The quantitative estimate of drug-likeness (QED) is 0.707. The molecular weight excluding hydrogens is 248 g/mol. The second-order valence-electron chi connectivity index (χ2n) is 5.64. The Kier molecular flexibility index (Phi) is 5.17. The Morgan fingerprint density at radius 2 is 1.95 bits per heavy atom. The van der Waals surface area contributed by atoms with Gasteiger partial charge in [-0.25, -0.2) is 9.59 Å². The number of hydrogen-bond donors (Lipinski definition) is 3. The molecule has 1 heterocycles. The minimum Gasteiger partial charge on any atom is -0.480 e. The number of ether oxygens (including phenoxy) is 1. The van der Waals surface area contributed by atoms with E-state index in [9.17, 15) is 14.7 Å². The zero-order valence-corrected chi connectivity index (χ0v) is 11.9. The summed E-state index contributed by atoms with van der Waals surface area (Å²) in [5, 5.41) is 14.7. The molecule has 2 amide bonds.